The van der Waals surface area contributed by atoms with Gasteiger partial charge in [-0.1, -0.05) is 74.9 Å². The molecule has 4 rings (SSSR count). The van der Waals surface area contributed by atoms with Gasteiger partial charge in [0.15, 0.2) is 0 Å². The Balaban J connectivity index is 1.30. The molecule has 1 atom stereocenters. The molecular weight excluding hydrogens is 422 g/mol. The molecule has 1 aliphatic carbocycles. The third kappa shape index (κ3) is 6.34. The van der Waals surface area contributed by atoms with E-state index in [0.717, 1.165) is 49.7 Å². The van der Waals surface area contributed by atoms with Crippen molar-refractivity contribution in [3.63, 3.8) is 0 Å². The third-order valence-corrected chi connectivity index (χ3v) is 7.76. The van der Waals surface area contributed by atoms with Gasteiger partial charge in [-0.2, -0.15) is 0 Å². The van der Waals surface area contributed by atoms with Crippen molar-refractivity contribution in [1.29, 1.82) is 0 Å². The molecule has 1 fully saturated rings. The monoisotopic (exact) mass is 460 g/mol. The number of aryl methyl sites for hydroxylation is 2. The zero-order valence-corrected chi connectivity index (χ0v) is 20.7. The van der Waals surface area contributed by atoms with Crippen LogP contribution in [0.15, 0.2) is 66.7 Å². The summed E-state index contributed by atoms with van der Waals surface area (Å²) in [6, 6.07) is 22.3. The molecule has 0 radical (unpaired) electrons. The van der Waals surface area contributed by atoms with Crippen LogP contribution in [-0.2, 0) is 19.3 Å². The lowest BCUT2D eigenvalue weighted by atomic mass is 9.76. The van der Waals surface area contributed by atoms with Crippen molar-refractivity contribution in [1.82, 2.24) is 0 Å². The highest BCUT2D eigenvalue weighted by molar-refractivity contribution is 5.31. The topological polar surface area (TPSA) is 0 Å². The highest BCUT2D eigenvalue weighted by atomic mass is 19.1. The van der Waals surface area contributed by atoms with Crippen molar-refractivity contribution >= 4 is 0 Å². The minimum Gasteiger partial charge on any atom is -0.207 e. The minimum atomic E-state index is -0.383. The normalized spacial score (nSPS) is 19.2. The molecule has 1 unspecified atom stereocenters. The molecule has 0 aromatic heterocycles. The molecule has 0 nitrogen and oxygen atoms in total. The van der Waals surface area contributed by atoms with Crippen molar-refractivity contribution in [2.45, 2.75) is 83.5 Å². The standard InChI is InChI=1S/C32H38F2/c1-3-7-24-10-12-25(13-11-24)14-15-26-16-18-28(19-17-26)29-21-31(33)30(32(34)22-29)20-23(2)27-8-5-4-6-9-27/h4-6,8-13,21-23,26,28H,3,7,14-20H2,1-2H3. The molecular formula is C32H38F2. The molecule has 0 amide bonds. The molecule has 34 heavy (non-hydrogen) atoms. The summed E-state index contributed by atoms with van der Waals surface area (Å²) in [6.07, 6.45) is 9.40. The summed E-state index contributed by atoms with van der Waals surface area (Å²) in [5.74, 6) is 0.300. The van der Waals surface area contributed by atoms with Gasteiger partial charge in [0.25, 0.3) is 0 Å². The van der Waals surface area contributed by atoms with Crippen molar-refractivity contribution in [2.24, 2.45) is 5.92 Å². The van der Waals surface area contributed by atoms with Crippen LogP contribution in [0.1, 0.15) is 92.0 Å². The zero-order chi connectivity index (χ0) is 23.9. The van der Waals surface area contributed by atoms with Gasteiger partial charge in [-0.3, -0.25) is 0 Å². The van der Waals surface area contributed by atoms with Gasteiger partial charge < -0.3 is 0 Å². The van der Waals surface area contributed by atoms with E-state index in [9.17, 15) is 8.78 Å². The number of benzene rings is 3. The van der Waals surface area contributed by atoms with E-state index < -0.39 is 0 Å². The Bertz CT molecular complexity index is 1010. The van der Waals surface area contributed by atoms with Crippen LogP contribution in [0.3, 0.4) is 0 Å². The predicted molar refractivity (Wildman–Crippen MR) is 138 cm³/mol. The SMILES string of the molecule is CCCc1ccc(CCC2CCC(c3cc(F)c(CC(C)c4ccccc4)c(F)c3)CC2)cc1. The Kier molecular flexibility index (Phi) is 8.53. The Morgan fingerprint density at radius 1 is 0.794 bits per heavy atom. The second kappa shape index (κ2) is 11.8. The average molecular weight is 461 g/mol. The van der Waals surface area contributed by atoms with E-state index in [1.165, 1.54) is 24.0 Å². The van der Waals surface area contributed by atoms with Crippen LogP contribution >= 0.6 is 0 Å². The van der Waals surface area contributed by atoms with E-state index in [2.05, 4.69) is 31.2 Å². The predicted octanol–water partition coefficient (Wildman–Crippen LogP) is 9.17. The van der Waals surface area contributed by atoms with Crippen molar-refractivity contribution in [3.8, 4) is 0 Å². The van der Waals surface area contributed by atoms with E-state index in [1.54, 1.807) is 12.1 Å². The molecule has 0 N–H and O–H groups in total. The number of hydrogen-bond donors (Lipinski definition) is 0. The van der Waals surface area contributed by atoms with Gasteiger partial charge >= 0.3 is 0 Å². The first-order valence-electron chi connectivity index (χ1n) is 13.1. The van der Waals surface area contributed by atoms with Gasteiger partial charge in [-0.05, 0) is 104 Å². The lowest BCUT2D eigenvalue weighted by molar-refractivity contribution is 0.309. The van der Waals surface area contributed by atoms with Gasteiger partial charge in [0, 0.05) is 5.56 Å². The van der Waals surface area contributed by atoms with Crippen molar-refractivity contribution in [2.75, 3.05) is 0 Å². The molecule has 3 aromatic carbocycles. The van der Waals surface area contributed by atoms with E-state index >= 15 is 0 Å². The molecule has 0 spiro atoms. The van der Waals surface area contributed by atoms with E-state index in [-0.39, 0.29) is 29.0 Å². The first-order chi connectivity index (χ1) is 16.5. The number of hydrogen-bond acceptors (Lipinski definition) is 0. The molecule has 1 saturated carbocycles. The third-order valence-electron chi connectivity index (χ3n) is 7.76. The lowest BCUT2D eigenvalue weighted by Gasteiger charge is -2.29. The smallest absolute Gasteiger partial charge is 0.129 e. The largest absolute Gasteiger partial charge is 0.207 e. The molecule has 0 bridgehead atoms. The van der Waals surface area contributed by atoms with Crippen LogP contribution < -0.4 is 0 Å². The van der Waals surface area contributed by atoms with Crippen LogP contribution in [0, 0.1) is 17.6 Å². The number of rotatable bonds is 9. The van der Waals surface area contributed by atoms with Crippen LogP contribution in [0.4, 0.5) is 8.78 Å². The second-order valence-electron chi connectivity index (χ2n) is 10.3. The van der Waals surface area contributed by atoms with Crippen molar-refractivity contribution in [3.05, 3.63) is 106 Å². The lowest BCUT2D eigenvalue weighted by Crippen LogP contribution is -2.15. The summed E-state index contributed by atoms with van der Waals surface area (Å²) < 4.78 is 29.9. The van der Waals surface area contributed by atoms with Crippen LogP contribution in [0.25, 0.3) is 0 Å². The summed E-state index contributed by atoms with van der Waals surface area (Å²) in [6.45, 7) is 4.25. The first kappa shape index (κ1) is 24.6. The van der Waals surface area contributed by atoms with Gasteiger partial charge in [0.05, 0.1) is 0 Å². The highest BCUT2D eigenvalue weighted by Crippen LogP contribution is 2.38. The quantitative estimate of drug-likeness (QED) is 0.298. The Labute approximate surface area is 204 Å². The second-order valence-corrected chi connectivity index (χ2v) is 10.3. The van der Waals surface area contributed by atoms with Crippen LogP contribution in [0.5, 0.6) is 0 Å². The fourth-order valence-corrected chi connectivity index (χ4v) is 5.58. The molecule has 0 aliphatic heterocycles. The van der Waals surface area contributed by atoms with Gasteiger partial charge in [0.2, 0.25) is 0 Å². The van der Waals surface area contributed by atoms with E-state index in [4.69, 9.17) is 0 Å². The molecule has 180 valence electrons. The molecule has 1 aliphatic rings. The zero-order valence-electron chi connectivity index (χ0n) is 20.7. The van der Waals surface area contributed by atoms with Crippen LogP contribution in [-0.4, -0.2) is 0 Å². The maximum atomic E-state index is 15.0. The van der Waals surface area contributed by atoms with E-state index in [0.29, 0.717) is 12.3 Å². The highest BCUT2D eigenvalue weighted by Gasteiger charge is 2.24. The van der Waals surface area contributed by atoms with Crippen molar-refractivity contribution < 1.29 is 8.78 Å². The Morgan fingerprint density at radius 3 is 1.97 bits per heavy atom. The first-order valence-corrected chi connectivity index (χ1v) is 13.1. The molecule has 3 aromatic rings. The number of halogens is 2. The molecule has 2 heteroatoms. The maximum Gasteiger partial charge on any atom is 0.129 e. The van der Waals surface area contributed by atoms with Gasteiger partial charge in [-0.25, -0.2) is 8.78 Å². The fourth-order valence-electron chi connectivity index (χ4n) is 5.58. The van der Waals surface area contributed by atoms with Gasteiger partial charge in [0.1, 0.15) is 11.6 Å². The fraction of sp³-hybridized carbons (Fsp3) is 0.438. The molecule has 0 saturated heterocycles. The van der Waals surface area contributed by atoms with E-state index in [1.807, 2.05) is 37.3 Å². The average Bonchev–Trinajstić information content (AvgIpc) is 2.86. The summed E-state index contributed by atoms with van der Waals surface area (Å²) in [4.78, 5) is 0. The van der Waals surface area contributed by atoms with Gasteiger partial charge in [-0.15, -0.1) is 0 Å². The maximum absolute atomic E-state index is 15.0. The minimum absolute atomic E-state index is 0.0781. The van der Waals surface area contributed by atoms with Crippen LogP contribution in [0.2, 0.25) is 0 Å². The Morgan fingerprint density at radius 2 is 1.38 bits per heavy atom. The Hall–Kier alpha value is -2.48. The summed E-state index contributed by atoms with van der Waals surface area (Å²) in [7, 11) is 0. The molecule has 0 heterocycles. The summed E-state index contributed by atoms with van der Waals surface area (Å²) >= 11 is 0. The summed E-state index contributed by atoms with van der Waals surface area (Å²) in [5, 5.41) is 0. The summed E-state index contributed by atoms with van der Waals surface area (Å²) in [5.41, 5.74) is 5.02.